The number of nitrogens with zero attached hydrogens (tertiary/aromatic N) is 2. The molecule has 1 saturated heterocycles. The fourth-order valence-corrected chi connectivity index (χ4v) is 5.29. The Hall–Kier alpha value is -3.69. The summed E-state index contributed by atoms with van der Waals surface area (Å²) in [5.74, 6) is -0.495. The molecule has 1 aromatic heterocycles. The molecule has 2 aliphatic rings. The number of rotatable bonds is 5. The van der Waals surface area contributed by atoms with Crippen molar-refractivity contribution in [1.29, 1.82) is 0 Å². The van der Waals surface area contributed by atoms with Gasteiger partial charge in [-0.3, -0.25) is 24.2 Å². The Balaban J connectivity index is 1.44. The molecule has 3 amide bonds. The van der Waals surface area contributed by atoms with Gasteiger partial charge in [0.25, 0.3) is 11.8 Å². The van der Waals surface area contributed by atoms with E-state index >= 15 is 0 Å². The van der Waals surface area contributed by atoms with Gasteiger partial charge in [-0.1, -0.05) is 54.3 Å². The number of hydrogen-bond acceptors (Lipinski definition) is 6. The van der Waals surface area contributed by atoms with Gasteiger partial charge in [0.1, 0.15) is 16.6 Å². The molecule has 5 rings (SSSR count). The van der Waals surface area contributed by atoms with Gasteiger partial charge in [0.15, 0.2) is 0 Å². The van der Waals surface area contributed by atoms with Gasteiger partial charge in [-0.15, -0.1) is 0 Å². The highest BCUT2D eigenvalue weighted by Gasteiger charge is 2.42. The van der Waals surface area contributed by atoms with Crippen molar-refractivity contribution in [3.63, 3.8) is 0 Å². The van der Waals surface area contributed by atoms with E-state index in [4.69, 9.17) is 16.6 Å². The predicted octanol–water partition coefficient (Wildman–Crippen LogP) is 4.34. The van der Waals surface area contributed by atoms with E-state index in [9.17, 15) is 14.4 Å². The minimum atomic E-state index is -0.404. The lowest BCUT2D eigenvalue weighted by Gasteiger charge is -2.17. The summed E-state index contributed by atoms with van der Waals surface area (Å²) in [6.45, 7) is 1.94. The first-order chi connectivity index (χ1) is 16.4. The Kier molecular flexibility index (Phi) is 5.80. The molecule has 0 atom stereocenters. The molecule has 170 valence electrons. The number of anilines is 2. The smallest absolute Gasteiger partial charge is 0.267 e. The number of benzene rings is 2. The third-order valence-electron chi connectivity index (χ3n) is 5.50. The lowest BCUT2D eigenvalue weighted by Crippen LogP contribution is -2.35. The first kappa shape index (κ1) is 22.1. The quantitative estimate of drug-likeness (QED) is 0.424. The van der Waals surface area contributed by atoms with E-state index in [-0.39, 0.29) is 35.4 Å². The zero-order valence-corrected chi connectivity index (χ0v) is 19.7. The van der Waals surface area contributed by atoms with Crippen molar-refractivity contribution in [3.05, 3.63) is 88.7 Å². The summed E-state index contributed by atoms with van der Waals surface area (Å²) < 4.78 is 5.70. The van der Waals surface area contributed by atoms with E-state index < -0.39 is 5.91 Å². The van der Waals surface area contributed by atoms with Crippen LogP contribution < -0.4 is 10.2 Å². The summed E-state index contributed by atoms with van der Waals surface area (Å²) >= 11 is 6.52. The first-order valence-electron chi connectivity index (χ1n) is 10.5. The summed E-state index contributed by atoms with van der Waals surface area (Å²) in [6, 6.07) is 18.1. The minimum Gasteiger partial charge on any atom is -0.467 e. The van der Waals surface area contributed by atoms with Crippen molar-refractivity contribution >= 4 is 63.0 Å². The Morgan fingerprint density at radius 2 is 1.85 bits per heavy atom. The number of carbonyl (C=O) groups is 3. The molecule has 1 fully saturated rings. The van der Waals surface area contributed by atoms with Crippen LogP contribution >= 0.6 is 24.0 Å². The van der Waals surface area contributed by atoms with Gasteiger partial charge in [-0.25, -0.2) is 0 Å². The number of furan rings is 1. The van der Waals surface area contributed by atoms with Gasteiger partial charge in [0, 0.05) is 11.3 Å². The SMILES string of the molecule is Cc1cccc(NC(=O)CN2C(=O)C(=C3SC(=S)N(Cc4ccco4)C3=O)c3ccccc32)c1. The van der Waals surface area contributed by atoms with Crippen LogP contribution in [0, 0.1) is 6.92 Å². The molecule has 0 aliphatic carbocycles. The van der Waals surface area contributed by atoms with Crippen molar-refractivity contribution < 1.29 is 18.8 Å². The second kappa shape index (κ2) is 8.92. The van der Waals surface area contributed by atoms with Crippen molar-refractivity contribution in [1.82, 2.24) is 4.90 Å². The number of amides is 3. The van der Waals surface area contributed by atoms with E-state index in [0.717, 1.165) is 17.3 Å². The molecule has 34 heavy (non-hydrogen) atoms. The van der Waals surface area contributed by atoms with Crippen LogP contribution in [0.15, 0.2) is 76.2 Å². The van der Waals surface area contributed by atoms with Gasteiger partial charge in [0.2, 0.25) is 5.91 Å². The predicted molar refractivity (Wildman–Crippen MR) is 135 cm³/mol. The van der Waals surface area contributed by atoms with Crippen LogP contribution in [0.4, 0.5) is 11.4 Å². The third-order valence-corrected chi connectivity index (χ3v) is 6.95. The molecule has 3 aromatic rings. The molecule has 0 unspecified atom stereocenters. The summed E-state index contributed by atoms with van der Waals surface area (Å²) in [6.07, 6.45) is 1.53. The molecular weight excluding hydrogens is 470 g/mol. The normalized spacial score (nSPS) is 17.5. The molecule has 0 bridgehead atoms. The number of fused-ring (bicyclic) bond motifs is 1. The zero-order valence-electron chi connectivity index (χ0n) is 18.1. The molecule has 0 saturated carbocycles. The van der Waals surface area contributed by atoms with E-state index in [2.05, 4.69) is 5.32 Å². The minimum absolute atomic E-state index is 0.181. The highest BCUT2D eigenvalue weighted by Crippen LogP contribution is 2.44. The lowest BCUT2D eigenvalue weighted by atomic mass is 10.1. The zero-order chi connectivity index (χ0) is 23.8. The monoisotopic (exact) mass is 489 g/mol. The molecule has 2 aliphatic heterocycles. The number of aryl methyl sites for hydroxylation is 1. The number of thioether (sulfide) groups is 1. The van der Waals surface area contributed by atoms with Crippen molar-refractivity contribution in [2.24, 2.45) is 0 Å². The highest BCUT2D eigenvalue weighted by molar-refractivity contribution is 8.26. The van der Waals surface area contributed by atoms with Crippen LogP contribution in [-0.2, 0) is 20.9 Å². The molecule has 3 heterocycles. The first-order valence-corrected chi connectivity index (χ1v) is 11.7. The maximum absolute atomic E-state index is 13.5. The van der Waals surface area contributed by atoms with Gasteiger partial charge in [-0.2, -0.15) is 0 Å². The second-order valence-electron chi connectivity index (χ2n) is 7.87. The number of para-hydroxylation sites is 1. The number of thiocarbonyl (C=S) groups is 1. The summed E-state index contributed by atoms with van der Waals surface area (Å²) in [7, 11) is 0. The average molecular weight is 490 g/mol. The molecule has 7 nitrogen and oxygen atoms in total. The largest absolute Gasteiger partial charge is 0.467 e. The highest BCUT2D eigenvalue weighted by atomic mass is 32.2. The topological polar surface area (TPSA) is 82.9 Å². The van der Waals surface area contributed by atoms with E-state index in [1.165, 1.54) is 16.1 Å². The van der Waals surface area contributed by atoms with Crippen LogP contribution in [0.1, 0.15) is 16.9 Å². The van der Waals surface area contributed by atoms with E-state index in [1.54, 1.807) is 42.5 Å². The summed E-state index contributed by atoms with van der Waals surface area (Å²) in [5, 5.41) is 2.83. The summed E-state index contributed by atoms with van der Waals surface area (Å²) in [4.78, 5) is 42.6. The van der Waals surface area contributed by atoms with E-state index in [0.29, 0.717) is 27.0 Å². The molecule has 1 N–H and O–H groups in total. The van der Waals surface area contributed by atoms with Crippen LogP contribution in [0.5, 0.6) is 0 Å². The Bertz CT molecular complexity index is 1360. The van der Waals surface area contributed by atoms with Crippen molar-refractivity contribution in [2.45, 2.75) is 13.5 Å². The maximum atomic E-state index is 13.5. The molecule has 9 heteroatoms. The standard InChI is InChI=1S/C25H19N3O4S2/c1-15-6-4-7-16(12-15)26-20(29)14-27-19-10-3-2-9-18(19)21(23(27)30)22-24(31)28(25(33)34-22)13-17-8-5-11-32-17/h2-12H,13-14H2,1H3,(H,26,29). The fraction of sp³-hybridized carbons (Fsp3) is 0.120. The van der Waals surface area contributed by atoms with Gasteiger partial charge in [0.05, 0.1) is 29.0 Å². The van der Waals surface area contributed by atoms with Crippen molar-refractivity contribution in [2.75, 3.05) is 16.8 Å². The lowest BCUT2D eigenvalue weighted by molar-refractivity contribution is -0.123. The molecule has 0 radical (unpaired) electrons. The van der Waals surface area contributed by atoms with Gasteiger partial charge >= 0.3 is 0 Å². The van der Waals surface area contributed by atoms with E-state index in [1.807, 2.05) is 25.1 Å². The van der Waals surface area contributed by atoms with Crippen LogP contribution in [-0.4, -0.2) is 33.5 Å². The molecule has 2 aromatic carbocycles. The fourth-order valence-electron chi connectivity index (χ4n) is 3.97. The third kappa shape index (κ3) is 4.04. The molecular formula is C25H19N3O4S2. The Morgan fingerprint density at radius 1 is 1.03 bits per heavy atom. The van der Waals surface area contributed by atoms with Crippen LogP contribution in [0.25, 0.3) is 5.57 Å². The van der Waals surface area contributed by atoms with Gasteiger partial charge < -0.3 is 9.73 Å². The number of hydrogen-bond donors (Lipinski definition) is 1. The Morgan fingerprint density at radius 3 is 2.62 bits per heavy atom. The van der Waals surface area contributed by atoms with Gasteiger partial charge in [-0.05, 0) is 42.8 Å². The van der Waals surface area contributed by atoms with Crippen molar-refractivity contribution in [3.8, 4) is 0 Å². The average Bonchev–Trinajstić information content (AvgIpc) is 3.49. The number of carbonyl (C=O) groups excluding carboxylic acids is 3. The second-order valence-corrected chi connectivity index (χ2v) is 9.51. The Labute approximate surface area is 205 Å². The van der Waals surface area contributed by atoms with Crippen LogP contribution in [0.3, 0.4) is 0 Å². The molecule has 0 spiro atoms. The van der Waals surface area contributed by atoms with Crippen LogP contribution in [0.2, 0.25) is 0 Å². The maximum Gasteiger partial charge on any atom is 0.267 e. The number of nitrogens with one attached hydrogen (secondary N) is 1. The summed E-state index contributed by atoms with van der Waals surface area (Å²) in [5.41, 5.74) is 3.12.